The Morgan fingerprint density at radius 1 is 0.688 bits per heavy atom. The highest BCUT2D eigenvalue weighted by atomic mass is 16.5. The summed E-state index contributed by atoms with van der Waals surface area (Å²) in [6.07, 6.45) is 26.6. The maximum absolute atomic E-state index is 5.82. The van der Waals surface area contributed by atoms with Gasteiger partial charge in [-0.3, -0.25) is 0 Å². The third kappa shape index (κ3) is 11.3. The van der Waals surface area contributed by atoms with Crippen LogP contribution >= 0.6 is 0 Å². The first kappa shape index (κ1) is 26.6. The molecule has 32 heavy (non-hydrogen) atoms. The molecule has 0 aliphatic heterocycles. The van der Waals surface area contributed by atoms with Crippen LogP contribution in [0.3, 0.4) is 0 Å². The van der Waals surface area contributed by atoms with Crippen LogP contribution in [0.15, 0.2) is 12.7 Å². The fourth-order valence-corrected chi connectivity index (χ4v) is 4.25. The Balaban J connectivity index is 1.29. The van der Waals surface area contributed by atoms with Crippen molar-refractivity contribution in [2.75, 3.05) is 18.9 Å². The van der Waals surface area contributed by atoms with E-state index in [0.717, 1.165) is 31.8 Å². The van der Waals surface area contributed by atoms with Gasteiger partial charge < -0.3 is 15.0 Å². The lowest BCUT2D eigenvalue weighted by Crippen LogP contribution is -2.04. The average Bonchev–Trinajstić information content (AvgIpc) is 3.22. The number of hydrogen-bond acceptors (Lipinski definition) is 5. The minimum Gasteiger partial charge on any atom is -0.382 e. The summed E-state index contributed by atoms with van der Waals surface area (Å²) in [7, 11) is 0. The van der Waals surface area contributed by atoms with E-state index in [1.165, 1.54) is 109 Å². The molecular weight excluding hydrogens is 398 g/mol. The van der Waals surface area contributed by atoms with Crippen LogP contribution < -0.4 is 5.73 Å². The highest BCUT2D eigenvalue weighted by molar-refractivity contribution is 5.80. The second-order valence-corrected chi connectivity index (χ2v) is 9.14. The highest BCUT2D eigenvalue weighted by Crippen LogP contribution is 2.15. The van der Waals surface area contributed by atoms with Crippen molar-refractivity contribution in [2.45, 2.75) is 123 Å². The molecule has 0 unspecified atom stereocenters. The Kier molecular flexibility index (Phi) is 14.8. The van der Waals surface area contributed by atoms with Gasteiger partial charge in [0.1, 0.15) is 11.8 Å². The van der Waals surface area contributed by atoms with Crippen molar-refractivity contribution in [1.29, 1.82) is 0 Å². The number of anilines is 1. The van der Waals surface area contributed by atoms with Crippen LogP contribution in [0.25, 0.3) is 11.2 Å². The van der Waals surface area contributed by atoms with Crippen LogP contribution in [0, 0.1) is 0 Å². The molecular formula is C26H47N5O. The Labute approximate surface area is 195 Å². The Hall–Kier alpha value is -1.69. The molecule has 0 aliphatic rings. The molecule has 0 saturated heterocycles. The third-order valence-electron chi connectivity index (χ3n) is 6.26. The van der Waals surface area contributed by atoms with E-state index in [-0.39, 0.29) is 0 Å². The van der Waals surface area contributed by atoms with Gasteiger partial charge >= 0.3 is 0 Å². The van der Waals surface area contributed by atoms with Gasteiger partial charge in [0.15, 0.2) is 11.5 Å². The summed E-state index contributed by atoms with van der Waals surface area (Å²) in [6, 6.07) is 0. The first-order chi connectivity index (χ1) is 15.8. The lowest BCUT2D eigenvalue weighted by Gasteiger charge is -2.06. The van der Waals surface area contributed by atoms with E-state index in [2.05, 4.69) is 21.9 Å². The quantitative estimate of drug-likeness (QED) is 0.208. The maximum atomic E-state index is 5.82. The molecule has 2 aromatic heterocycles. The Morgan fingerprint density at radius 3 is 1.81 bits per heavy atom. The minimum atomic E-state index is 0.438. The minimum absolute atomic E-state index is 0.438. The van der Waals surface area contributed by atoms with E-state index in [9.17, 15) is 0 Å². The summed E-state index contributed by atoms with van der Waals surface area (Å²) in [4.78, 5) is 12.5. The SMILES string of the molecule is CCCCCCCCCCCCCCCCCCOCCCn1cnc2c(N)ncnc21. The predicted molar refractivity (Wildman–Crippen MR) is 135 cm³/mol. The van der Waals surface area contributed by atoms with Gasteiger partial charge in [-0.2, -0.15) is 0 Å². The average molecular weight is 446 g/mol. The van der Waals surface area contributed by atoms with Crippen LogP contribution in [0.5, 0.6) is 0 Å². The predicted octanol–water partition coefficient (Wildman–Crippen LogP) is 7.08. The molecule has 6 heteroatoms. The number of nitrogens with zero attached hydrogens (tertiary/aromatic N) is 4. The van der Waals surface area contributed by atoms with E-state index in [1.54, 1.807) is 6.33 Å². The van der Waals surface area contributed by atoms with Crippen molar-refractivity contribution in [1.82, 2.24) is 19.5 Å². The molecule has 0 amide bonds. The van der Waals surface area contributed by atoms with Gasteiger partial charge in [-0.15, -0.1) is 0 Å². The van der Waals surface area contributed by atoms with Crippen molar-refractivity contribution in [3.8, 4) is 0 Å². The van der Waals surface area contributed by atoms with Gasteiger partial charge in [0, 0.05) is 19.8 Å². The number of imidazole rings is 1. The molecule has 0 aliphatic carbocycles. The lowest BCUT2D eigenvalue weighted by atomic mass is 10.0. The molecule has 2 aromatic rings. The van der Waals surface area contributed by atoms with Crippen molar-refractivity contribution >= 4 is 17.0 Å². The summed E-state index contributed by atoms with van der Waals surface area (Å²) in [5.74, 6) is 0.438. The van der Waals surface area contributed by atoms with Gasteiger partial charge in [-0.1, -0.05) is 103 Å². The van der Waals surface area contributed by atoms with Gasteiger partial charge in [0.25, 0.3) is 0 Å². The van der Waals surface area contributed by atoms with Gasteiger partial charge in [-0.25, -0.2) is 15.0 Å². The Morgan fingerprint density at radius 2 is 1.22 bits per heavy atom. The number of nitrogen functional groups attached to an aromatic ring is 1. The van der Waals surface area contributed by atoms with Crippen molar-refractivity contribution in [2.24, 2.45) is 0 Å². The third-order valence-corrected chi connectivity index (χ3v) is 6.26. The van der Waals surface area contributed by atoms with E-state index in [4.69, 9.17) is 10.5 Å². The normalized spacial score (nSPS) is 11.5. The molecule has 0 atom stereocenters. The lowest BCUT2D eigenvalue weighted by molar-refractivity contribution is 0.125. The first-order valence-corrected chi connectivity index (χ1v) is 13.3. The second-order valence-electron chi connectivity index (χ2n) is 9.14. The standard InChI is InChI=1S/C26H47N5O/c1-2-3-4-5-6-7-8-9-10-11-12-13-14-15-16-17-20-32-21-18-19-31-23-30-24-25(27)28-22-29-26(24)31/h22-23H,2-21H2,1H3,(H2,27,28,29). The van der Waals surface area contributed by atoms with Crippen LogP contribution in [-0.2, 0) is 11.3 Å². The molecule has 6 nitrogen and oxygen atoms in total. The number of nitrogens with two attached hydrogens (primary N) is 1. The molecule has 2 heterocycles. The van der Waals surface area contributed by atoms with Crippen molar-refractivity contribution in [3.05, 3.63) is 12.7 Å². The smallest absolute Gasteiger partial charge is 0.165 e. The molecule has 0 spiro atoms. The number of unbranched alkanes of at least 4 members (excludes halogenated alkanes) is 15. The summed E-state index contributed by atoms with van der Waals surface area (Å²) in [5.41, 5.74) is 7.31. The topological polar surface area (TPSA) is 78.9 Å². The fraction of sp³-hybridized carbons (Fsp3) is 0.808. The van der Waals surface area contributed by atoms with Gasteiger partial charge in [0.05, 0.1) is 6.33 Å². The van der Waals surface area contributed by atoms with Gasteiger partial charge in [0.2, 0.25) is 0 Å². The molecule has 182 valence electrons. The largest absolute Gasteiger partial charge is 0.382 e. The molecule has 2 rings (SSSR count). The second kappa shape index (κ2) is 17.8. The maximum Gasteiger partial charge on any atom is 0.165 e. The number of aromatic nitrogens is 4. The Bertz CT molecular complexity index is 703. The summed E-state index contributed by atoms with van der Waals surface area (Å²) in [5, 5.41) is 0. The van der Waals surface area contributed by atoms with Crippen LogP contribution in [0.4, 0.5) is 5.82 Å². The zero-order valence-corrected chi connectivity index (χ0v) is 20.6. The van der Waals surface area contributed by atoms with Crippen molar-refractivity contribution in [3.63, 3.8) is 0 Å². The van der Waals surface area contributed by atoms with Gasteiger partial charge in [-0.05, 0) is 12.8 Å². The molecule has 0 saturated carbocycles. The molecule has 0 fully saturated rings. The van der Waals surface area contributed by atoms with E-state index in [0.29, 0.717) is 11.3 Å². The fourth-order valence-electron chi connectivity index (χ4n) is 4.25. The van der Waals surface area contributed by atoms with Crippen LogP contribution in [-0.4, -0.2) is 32.7 Å². The van der Waals surface area contributed by atoms with Crippen LogP contribution in [0.1, 0.15) is 116 Å². The summed E-state index contributed by atoms with van der Waals surface area (Å²) in [6.45, 7) is 4.78. The molecule has 0 radical (unpaired) electrons. The highest BCUT2D eigenvalue weighted by Gasteiger charge is 2.07. The molecule has 0 bridgehead atoms. The zero-order chi connectivity index (χ0) is 22.7. The van der Waals surface area contributed by atoms with E-state index >= 15 is 0 Å². The molecule has 2 N–H and O–H groups in total. The first-order valence-electron chi connectivity index (χ1n) is 13.3. The zero-order valence-electron chi connectivity index (χ0n) is 20.6. The van der Waals surface area contributed by atoms with Crippen LogP contribution in [0.2, 0.25) is 0 Å². The number of rotatable bonds is 21. The number of hydrogen-bond donors (Lipinski definition) is 1. The summed E-state index contributed by atoms with van der Waals surface area (Å²) < 4.78 is 7.81. The number of fused-ring (bicyclic) bond motifs is 1. The van der Waals surface area contributed by atoms with Crippen molar-refractivity contribution < 1.29 is 4.74 Å². The number of aryl methyl sites for hydroxylation is 1. The van der Waals surface area contributed by atoms with E-state index in [1.807, 2.05) is 4.57 Å². The number of ether oxygens (including phenoxy) is 1. The van der Waals surface area contributed by atoms with E-state index < -0.39 is 0 Å². The monoisotopic (exact) mass is 445 g/mol. The molecule has 0 aromatic carbocycles. The summed E-state index contributed by atoms with van der Waals surface area (Å²) >= 11 is 0.